The van der Waals surface area contributed by atoms with Crippen molar-refractivity contribution in [3.8, 4) is 0 Å². The molecule has 0 aromatic carbocycles. The van der Waals surface area contributed by atoms with E-state index in [0.717, 1.165) is 25.1 Å². The Balaban J connectivity index is 2.34. The number of hydrogen-bond acceptors (Lipinski definition) is 3. The van der Waals surface area contributed by atoms with Crippen LogP contribution in [0.3, 0.4) is 0 Å². The largest absolute Gasteiger partial charge is 0.370 e. The van der Waals surface area contributed by atoms with Gasteiger partial charge in [0.25, 0.3) is 0 Å². The molecule has 84 valence electrons. The summed E-state index contributed by atoms with van der Waals surface area (Å²) in [5, 5.41) is 3.08. The summed E-state index contributed by atoms with van der Waals surface area (Å²) in [6.45, 7) is 5.66. The van der Waals surface area contributed by atoms with Crippen LogP contribution in [0.15, 0.2) is 10.5 Å². The fourth-order valence-electron chi connectivity index (χ4n) is 1.08. The molecule has 0 spiro atoms. The van der Waals surface area contributed by atoms with Crippen molar-refractivity contribution in [1.29, 1.82) is 0 Å². The first-order chi connectivity index (χ1) is 7.24. The van der Waals surface area contributed by atoms with Gasteiger partial charge in [-0.3, -0.25) is 0 Å². The quantitative estimate of drug-likeness (QED) is 0.456. The number of aryl methyl sites for hydroxylation is 1. The summed E-state index contributed by atoms with van der Waals surface area (Å²) >= 11 is 1.62. The van der Waals surface area contributed by atoms with Gasteiger partial charge in [-0.25, -0.2) is 9.98 Å². The van der Waals surface area contributed by atoms with Gasteiger partial charge < -0.3 is 11.1 Å². The Morgan fingerprint density at radius 1 is 1.67 bits per heavy atom. The van der Waals surface area contributed by atoms with E-state index in [4.69, 9.17) is 5.73 Å². The van der Waals surface area contributed by atoms with Crippen LogP contribution in [0.1, 0.15) is 30.3 Å². The third-order valence-corrected chi connectivity index (χ3v) is 2.99. The minimum absolute atomic E-state index is 0.524. The molecule has 0 bridgehead atoms. The van der Waals surface area contributed by atoms with Gasteiger partial charge in [0.1, 0.15) is 0 Å². The number of rotatable bonds is 5. The number of nitrogens with two attached hydrogens (primary N) is 1. The molecular weight excluding hydrogens is 208 g/mol. The van der Waals surface area contributed by atoms with Gasteiger partial charge in [-0.2, -0.15) is 0 Å². The lowest BCUT2D eigenvalue weighted by atomic mass is 10.3. The van der Waals surface area contributed by atoms with Crippen LogP contribution in [0.4, 0.5) is 0 Å². The van der Waals surface area contributed by atoms with Gasteiger partial charge in [0, 0.05) is 11.4 Å². The average molecular weight is 226 g/mol. The smallest absolute Gasteiger partial charge is 0.188 e. The number of nitrogens with one attached hydrogen (secondary N) is 1. The molecule has 1 aromatic rings. The van der Waals surface area contributed by atoms with Gasteiger partial charge >= 0.3 is 0 Å². The van der Waals surface area contributed by atoms with Gasteiger partial charge in [0.15, 0.2) is 5.96 Å². The highest BCUT2D eigenvalue weighted by molar-refractivity contribution is 7.09. The number of aromatic nitrogens is 1. The summed E-state index contributed by atoms with van der Waals surface area (Å²) in [5.41, 5.74) is 8.58. The molecule has 0 aliphatic heterocycles. The van der Waals surface area contributed by atoms with Crippen molar-refractivity contribution in [2.45, 2.75) is 33.2 Å². The fourth-order valence-corrected chi connectivity index (χ4v) is 1.78. The molecule has 5 heteroatoms. The van der Waals surface area contributed by atoms with Gasteiger partial charge in [-0.1, -0.05) is 13.3 Å². The lowest BCUT2D eigenvalue weighted by Crippen LogP contribution is -2.32. The number of hydrogen-bond donors (Lipinski definition) is 2. The first-order valence-corrected chi connectivity index (χ1v) is 6.04. The Kier molecular flexibility index (Phi) is 5.10. The molecule has 0 saturated heterocycles. The molecular formula is C10H18N4S. The Bertz CT molecular complexity index is 319. The van der Waals surface area contributed by atoms with Gasteiger partial charge in [0.05, 0.1) is 17.7 Å². The Labute approximate surface area is 94.6 Å². The minimum Gasteiger partial charge on any atom is -0.370 e. The number of nitrogens with zero attached hydrogens (tertiary/aromatic N) is 2. The van der Waals surface area contributed by atoms with Gasteiger partial charge in [-0.05, 0) is 13.3 Å². The van der Waals surface area contributed by atoms with Crippen LogP contribution in [0.25, 0.3) is 0 Å². The molecule has 0 aliphatic carbocycles. The zero-order chi connectivity index (χ0) is 11.1. The van der Waals surface area contributed by atoms with Crippen LogP contribution in [-0.4, -0.2) is 17.5 Å². The van der Waals surface area contributed by atoms with Crippen LogP contribution in [0.5, 0.6) is 0 Å². The van der Waals surface area contributed by atoms with Crippen molar-refractivity contribution in [3.05, 3.63) is 16.1 Å². The first kappa shape index (κ1) is 12.0. The van der Waals surface area contributed by atoms with E-state index in [1.54, 1.807) is 11.3 Å². The van der Waals surface area contributed by atoms with E-state index in [1.165, 1.54) is 4.88 Å². The molecule has 0 radical (unpaired) electrons. The van der Waals surface area contributed by atoms with Crippen LogP contribution in [-0.2, 0) is 6.54 Å². The summed E-state index contributed by atoms with van der Waals surface area (Å²) in [4.78, 5) is 9.59. The van der Waals surface area contributed by atoms with Crippen molar-refractivity contribution in [2.75, 3.05) is 6.54 Å². The minimum atomic E-state index is 0.524. The molecule has 4 nitrogen and oxygen atoms in total. The summed E-state index contributed by atoms with van der Waals surface area (Å²) in [7, 11) is 0. The normalized spacial score (nSPS) is 11.7. The number of unbranched alkanes of at least 4 members (excludes halogenated alkanes) is 1. The molecule has 1 rings (SSSR count). The summed E-state index contributed by atoms with van der Waals surface area (Å²) in [6.07, 6.45) is 2.28. The predicted octanol–water partition coefficient (Wildman–Crippen LogP) is 1.66. The van der Waals surface area contributed by atoms with Crippen molar-refractivity contribution < 1.29 is 0 Å². The molecule has 0 saturated carbocycles. The average Bonchev–Trinajstić information content (AvgIpc) is 2.61. The van der Waals surface area contributed by atoms with Crippen molar-refractivity contribution in [3.63, 3.8) is 0 Å². The molecule has 0 atom stereocenters. The van der Waals surface area contributed by atoms with E-state index >= 15 is 0 Å². The van der Waals surface area contributed by atoms with Crippen molar-refractivity contribution >= 4 is 17.3 Å². The van der Waals surface area contributed by atoms with E-state index in [0.29, 0.717) is 12.5 Å². The number of aliphatic imine (C=N–C) groups is 1. The second-order valence-electron chi connectivity index (χ2n) is 3.34. The number of thiazole rings is 1. The molecule has 1 heterocycles. The molecule has 0 unspecified atom stereocenters. The van der Waals surface area contributed by atoms with E-state index in [-0.39, 0.29) is 0 Å². The first-order valence-electron chi connectivity index (χ1n) is 5.16. The van der Waals surface area contributed by atoms with Crippen molar-refractivity contribution in [2.24, 2.45) is 10.7 Å². The SMILES string of the molecule is CCCCNC(N)=NCc1scnc1C. The lowest BCUT2D eigenvalue weighted by Gasteiger charge is -2.03. The highest BCUT2D eigenvalue weighted by Crippen LogP contribution is 2.12. The standard InChI is InChI=1S/C10H18N4S/c1-3-4-5-12-10(11)13-6-9-8(2)14-7-15-9/h7H,3-6H2,1-2H3,(H3,11,12,13). The van der Waals surface area contributed by atoms with Crippen LogP contribution in [0, 0.1) is 6.92 Å². The Morgan fingerprint density at radius 2 is 2.47 bits per heavy atom. The maximum absolute atomic E-state index is 5.70. The third-order valence-electron chi connectivity index (χ3n) is 2.07. The zero-order valence-electron chi connectivity index (χ0n) is 9.29. The van der Waals surface area contributed by atoms with Crippen LogP contribution >= 0.6 is 11.3 Å². The molecule has 0 fully saturated rings. The molecule has 1 aromatic heterocycles. The highest BCUT2D eigenvalue weighted by atomic mass is 32.1. The van der Waals surface area contributed by atoms with E-state index in [2.05, 4.69) is 22.2 Å². The molecule has 0 amide bonds. The fraction of sp³-hybridized carbons (Fsp3) is 0.600. The van der Waals surface area contributed by atoms with E-state index < -0.39 is 0 Å². The van der Waals surface area contributed by atoms with Gasteiger partial charge in [0.2, 0.25) is 0 Å². The summed E-state index contributed by atoms with van der Waals surface area (Å²) in [6, 6.07) is 0. The Hall–Kier alpha value is -1.10. The lowest BCUT2D eigenvalue weighted by molar-refractivity contribution is 0.748. The van der Waals surface area contributed by atoms with Gasteiger partial charge in [-0.15, -0.1) is 11.3 Å². The highest BCUT2D eigenvalue weighted by Gasteiger charge is 1.99. The second kappa shape index (κ2) is 6.40. The van der Waals surface area contributed by atoms with Crippen molar-refractivity contribution in [1.82, 2.24) is 10.3 Å². The van der Waals surface area contributed by atoms with Crippen LogP contribution in [0.2, 0.25) is 0 Å². The third kappa shape index (κ3) is 4.29. The Morgan fingerprint density at radius 3 is 3.07 bits per heavy atom. The summed E-state index contributed by atoms with van der Waals surface area (Å²) < 4.78 is 0. The van der Waals surface area contributed by atoms with Crippen LogP contribution < -0.4 is 11.1 Å². The van der Waals surface area contributed by atoms with E-state index in [1.807, 2.05) is 12.4 Å². The molecule has 15 heavy (non-hydrogen) atoms. The molecule has 3 N–H and O–H groups in total. The van der Waals surface area contributed by atoms with E-state index in [9.17, 15) is 0 Å². The topological polar surface area (TPSA) is 63.3 Å². The zero-order valence-corrected chi connectivity index (χ0v) is 10.1. The summed E-state index contributed by atoms with van der Waals surface area (Å²) in [5.74, 6) is 0.524. The number of guanidine groups is 1. The monoisotopic (exact) mass is 226 g/mol. The second-order valence-corrected chi connectivity index (χ2v) is 4.28. The molecule has 0 aliphatic rings. The maximum atomic E-state index is 5.70. The predicted molar refractivity (Wildman–Crippen MR) is 65.1 cm³/mol. The maximum Gasteiger partial charge on any atom is 0.188 e.